The molecule has 166 valence electrons. The minimum absolute atomic E-state index is 0.0283. The van der Waals surface area contributed by atoms with Crippen LogP contribution in [0.1, 0.15) is 10.4 Å². The number of non-ortho nitro benzene ring substituents is 1. The third kappa shape index (κ3) is 4.62. The van der Waals surface area contributed by atoms with Gasteiger partial charge in [0.1, 0.15) is 10.6 Å². The minimum Gasteiger partial charge on any atom is -0.495 e. The Labute approximate surface area is 180 Å². The number of ether oxygens (including phenoxy) is 1. The Bertz CT molecular complexity index is 1080. The maximum Gasteiger partial charge on any atom is 0.269 e. The summed E-state index contributed by atoms with van der Waals surface area (Å²) in [6, 6.07) is 10.7. The lowest BCUT2D eigenvalue weighted by Crippen LogP contribution is -2.48. The Balaban J connectivity index is 1.74. The van der Waals surface area contributed by atoms with Crippen LogP contribution in [0.25, 0.3) is 0 Å². The smallest absolute Gasteiger partial charge is 0.269 e. The van der Waals surface area contributed by atoms with Gasteiger partial charge in [-0.15, -0.1) is 0 Å². The van der Waals surface area contributed by atoms with Gasteiger partial charge in [-0.2, -0.15) is 0 Å². The molecule has 10 nitrogen and oxygen atoms in total. The van der Waals surface area contributed by atoms with Crippen molar-refractivity contribution in [3.63, 3.8) is 0 Å². The summed E-state index contributed by atoms with van der Waals surface area (Å²) in [6.45, 7) is 2.00. The maximum atomic E-state index is 13.0. The average molecular weight is 449 g/mol. The fourth-order valence-electron chi connectivity index (χ4n) is 3.34. The van der Waals surface area contributed by atoms with Gasteiger partial charge < -0.3 is 14.5 Å². The molecule has 2 aromatic carbocycles. The third-order valence-corrected chi connectivity index (χ3v) is 7.00. The predicted molar refractivity (Wildman–Crippen MR) is 115 cm³/mol. The minimum atomic E-state index is -3.78. The summed E-state index contributed by atoms with van der Waals surface area (Å²) in [7, 11) is 0.433. The molecule has 0 radical (unpaired) electrons. The van der Waals surface area contributed by atoms with Gasteiger partial charge in [-0.05, 0) is 30.3 Å². The van der Waals surface area contributed by atoms with E-state index < -0.39 is 14.9 Å². The zero-order valence-electron chi connectivity index (χ0n) is 17.5. The van der Waals surface area contributed by atoms with Crippen LogP contribution in [0.5, 0.6) is 5.75 Å². The zero-order valence-corrected chi connectivity index (χ0v) is 18.3. The van der Waals surface area contributed by atoms with Gasteiger partial charge in [0.15, 0.2) is 0 Å². The number of rotatable bonds is 6. The van der Waals surface area contributed by atoms with Gasteiger partial charge in [-0.25, -0.2) is 12.7 Å². The van der Waals surface area contributed by atoms with E-state index in [1.165, 1.54) is 45.5 Å². The fraction of sp³-hybridized carbons (Fsp3) is 0.350. The van der Waals surface area contributed by atoms with Crippen LogP contribution in [0.4, 0.5) is 11.4 Å². The van der Waals surface area contributed by atoms with Crippen LogP contribution in [0, 0.1) is 10.1 Å². The van der Waals surface area contributed by atoms with Crippen LogP contribution >= 0.6 is 0 Å². The van der Waals surface area contributed by atoms with E-state index in [0.717, 1.165) is 9.99 Å². The first kappa shape index (κ1) is 22.5. The molecule has 0 N–H and O–H groups in total. The number of hydrogen-bond donors (Lipinski definition) is 0. The molecule has 1 aliphatic rings. The van der Waals surface area contributed by atoms with Crippen molar-refractivity contribution in [1.82, 2.24) is 9.21 Å². The van der Waals surface area contributed by atoms with E-state index in [0.29, 0.717) is 26.2 Å². The largest absolute Gasteiger partial charge is 0.495 e. The molecule has 1 heterocycles. The number of piperazine rings is 1. The van der Waals surface area contributed by atoms with Crippen LogP contribution in [0.3, 0.4) is 0 Å². The number of hydrogen-bond acceptors (Lipinski definition) is 7. The van der Waals surface area contributed by atoms with E-state index in [-0.39, 0.29) is 27.8 Å². The van der Waals surface area contributed by atoms with Crippen LogP contribution in [0.15, 0.2) is 47.4 Å². The summed E-state index contributed by atoms with van der Waals surface area (Å²) in [4.78, 5) is 27.0. The van der Waals surface area contributed by atoms with E-state index in [1.54, 1.807) is 23.1 Å². The number of nitrogens with zero attached hydrogens (tertiary/aromatic N) is 4. The van der Waals surface area contributed by atoms with Crippen LogP contribution in [-0.2, 0) is 10.0 Å². The molecular formula is C20H24N4O6S. The van der Waals surface area contributed by atoms with E-state index >= 15 is 0 Å². The van der Waals surface area contributed by atoms with Gasteiger partial charge in [0.25, 0.3) is 11.6 Å². The molecule has 3 rings (SSSR count). The molecule has 1 fully saturated rings. The van der Waals surface area contributed by atoms with Gasteiger partial charge in [0, 0.05) is 63.7 Å². The molecule has 0 spiro atoms. The second-order valence-electron chi connectivity index (χ2n) is 7.21. The van der Waals surface area contributed by atoms with Crippen LogP contribution in [-0.4, -0.2) is 75.8 Å². The van der Waals surface area contributed by atoms with Crippen molar-refractivity contribution in [2.45, 2.75) is 4.90 Å². The number of carbonyl (C=O) groups excluding carboxylic acids is 1. The molecule has 0 aromatic heterocycles. The molecule has 0 saturated carbocycles. The van der Waals surface area contributed by atoms with Crippen LogP contribution < -0.4 is 9.64 Å². The summed E-state index contributed by atoms with van der Waals surface area (Å²) in [5, 5.41) is 10.8. The highest BCUT2D eigenvalue weighted by molar-refractivity contribution is 7.89. The highest BCUT2D eigenvalue weighted by atomic mass is 32.2. The number of benzene rings is 2. The highest BCUT2D eigenvalue weighted by Gasteiger charge is 2.27. The second kappa shape index (κ2) is 8.90. The molecule has 1 saturated heterocycles. The number of sulfonamides is 1. The van der Waals surface area contributed by atoms with Crippen LogP contribution in [0.2, 0.25) is 0 Å². The van der Waals surface area contributed by atoms with E-state index in [1.807, 2.05) is 4.90 Å². The molecule has 11 heteroatoms. The monoisotopic (exact) mass is 448 g/mol. The van der Waals surface area contributed by atoms with E-state index in [9.17, 15) is 23.3 Å². The van der Waals surface area contributed by atoms with Crippen molar-refractivity contribution in [3.8, 4) is 5.75 Å². The summed E-state index contributed by atoms with van der Waals surface area (Å²) in [5.74, 6) is -0.0885. The first-order valence-corrected chi connectivity index (χ1v) is 11.0. The molecule has 0 atom stereocenters. The van der Waals surface area contributed by atoms with Gasteiger partial charge in [-0.1, -0.05) is 0 Å². The molecular weight excluding hydrogens is 424 g/mol. The number of carbonyl (C=O) groups is 1. The molecule has 1 aliphatic heterocycles. The van der Waals surface area contributed by atoms with Gasteiger partial charge in [-0.3, -0.25) is 14.9 Å². The quantitative estimate of drug-likeness (QED) is 0.489. The van der Waals surface area contributed by atoms with E-state index in [4.69, 9.17) is 4.74 Å². The Morgan fingerprint density at radius 3 is 2.19 bits per heavy atom. The summed E-state index contributed by atoms with van der Waals surface area (Å²) in [5.41, 5.74) is 1.15. The lowest BCUT2D eigenvalue weighted by molar-refractivity contribution is -0.384. The average Bonchev–Trinajstić information content (AvgIpc) is 2.78. The molecule has 0 aliphatic carbocycles. The number of anilines is 1. The second-order valence-corrected chi connectivity index (χ2v) is 9.33. The topological polar surface area (TPSA) is 113 Å². The van der Waals surface area contributed by atoms with Gasteiger partial charge >= 0.3 is 0 Å². The van der Waals surface area contributed by atoms with Crippen molar-refractivity contribution in [2.24, 2.45) is 0 Å². The molecule has 0 bridgehead atoms. The lowest BCUT2D eigenvalue weighted by atomic mass is 10.1. The van der Waals surface area contributed by atoms with Gasteiger partial charge in [0.05, 0.1) is 12.0 Å². The SMILES string of the molecule is COc1ccc(C(=O)N2CCN(c3ccc([N+](=O)[O-])cc3)CC2)cc1S(=O)(=O)N(C)C. The summed E-state index contributed by atoms with van der Waals surface area (Å²) >= 11 is 0. The molecule has 1 amide bonds. The third-order valence-electron chi connectivity index (χ3n) is 5.16. The standard InChI is InChI=1S/C20H24N4O6S/c1-21(2)31(28,29)19-14-15(4-9-18(19)30-3)20(25)23-12-10-22(11-13-23)16-5-7-17(8-6-16)24(26)27/h4-9,14H,10-13H2,1-3H3. The number of nitro groups is 1. The predicted octanol–water partition coefficient (Wildman–Crippen LogP) is 1.82. The van der Waals surface area contributed by atoms with Crippen molar-refractivity contribution in [1.29, 1.82) is 0 Å². The molecule has 31 heavy (non-hydrogen) atoms. The Kier molecular flexibility index (Phi) is 6.46. The van der Waals surface area contributed by atoms with Crippen molar-refractivity contribution in [3.05, 3.63) is 58.1 Å². The lowest BCUT2D eigenvalue weighted by Gasteiger charge is -2.36. The zero-order chi connectivity index (χ0) is 22.8. The fourth-order valence-corrected chi connectivity index (χ4v) is 4.42. The van der Waals surface area contributed by atoms with Crippen molar-refractivity contribution < 1.29 is 22.9 Å². The normalized spacial score (nSPS) is 14.6. The summed E-state index contributed by atoms with van der Waals surface area (Å²) in [6.07, 6.45) is 0. The first-order chi connectivity index (χ1) is 14.6. The molecule has 0 unspecified atom stereocenters. The molecule has 2 aromatic rings. The Hall–Kier alpha value is -3.18. The van der Waals surface area contributed by atoms with E-state index in [2.05, 4.69) is 0 Å². The van der Waals surface area contributed by atoms with Crippen molar-refractivity contribution >= 4 is 27.3 Å². The van der Waals surface area contributed by atoms with Crippen molar-refractivity contribution in [2.75, 3.05) is 52.3 Å². The number of nitro benzene ring substituents is 1. The Morgan fingerprint density at radius 1 is 1.06 bits per heavy atom. The number of methoxy groups -OCH3 is 1. The first-order valence-electron chi connectivity index (χ1n) is 9.54. The summed E-state index contributed by atoms with van der Waals surface area (Å²) < 4.78 is 31.4. The van der Waals surface area contributed by atoms with Gasteiger partial charge in [0.2, 0.25) is 10.0 Å². The Morgan fingerprint density at radius 2 is 1.68 bits per heavy atom. The highest BCUT2D eigenvalue weighted by Crippen LogP contribution is 2.28. The number of amides is 1. The maximum absolute atomic E-state index is 13.0.